The van der Waals surface area contributed by atoms with Crippen LogP contribution in [0.4, 0.5) is 0 Å². The van der Waals surface area contributed by atoms with Crippen molar-refractivity contribution in [3.8, 4) is 0 Å². The molecule has 0 bridgehead atoms. The van der Waals surface area contributed by atoms with Crippen molar-refractivity contribution in [1.82, 2.24) is 0 Å². The van der Waals surface area contributed by atoms with Gasteiger partial charge in [0.1, 0.15) is 6.29 Å². The van der Waals surface area contributed by atoms with E-state index in [9.17, 15) is 14.7 Å². The Morgan fingerprint density at radius 2 is 1.61 bits per heavy atom. The van der Waals surface area contributed by atoms with Crippen LogP contribution in [0, 0.1) is 23.7 Å². The van der Waals surface area contributed by atoms with E-state index in [1.54, 1.807) is 23.6 Å². The van der Waals surface area contributed by atoms with Gasteiger partial charge < -0.3 is 14.9 Å². The van der Waals surface area contributed by atoms with E-state index in [1.165, 1.54) is 64.2 Å². The molecule has 0 aliphatic heterocycles. The van der Waals surface area contributed by atoms with Gasteiger partial charge in [0.2, 0.25) is 0 Å². The molecule has 2 fully saturated rings. The average molecular weight is 569 g/mol. The zero-order valence-electron chi connectivity index (χ0n) is 26.0. The lowest BCUT2D eigenvalue weighted by molar-refractivity contribution is -0.141. The highest BCUT2D eigenvalue weighted by atomic mass is 16.5. The molecular weight excluding hydrogens is 512 g/mol. The van der Waals surface area contributed by atoms with E-state index in [4.69, 9.17) is 9.84 Å². The highest BCUT2D eigenvalue weighted by Crippen LogP contribution is 2.45. The molecule has 0 aromatic heterocycles. The number of esters is 1. The molecule has 0 spiro atoms. The Kier molecular flexibility index (Phi) is 16.2. The molecule has 2 aliphatic rings. The number of ether oxygens (including phenoxy) is 1. The largest absolute Gasteiger partial charge is 0.462 e. The monoisotopic (exact) mass is 568 g/mol. The second-order valence-corrected chi connectivity index (χ2v) is 12.4. The Morgan fingerprint density at radius 1 is 0.976 bits per heavy atom. The first-order chi connectivity index (χ1) is 19.8. The number of benzene rings is 1. The lowest BCUT2D eigenvalue weighted by Crippen LogP contribution is -2.31. The van der Waals surface area contributed by atoms with E-state index < -0.39 is 0 Å². The fraction of sp³-hybridized carbons (Fsp3) is 0.667. The molecule has 2 N–H and O–H groups in total. The first-order valence-corrected chi connectivity index (χ1v) is 16.1. The number of aldehydes is 1. The summed E-state index contributed by atoms with van der Waals surface area (Å²) in [4.78, 5) is 21.2. The summed E-state index contributed by atoms with van der Waals surface area (Å²) in [6.07, 6.45) is 17.1. The molecule has 2 aliphatic carbocycles. The third-order valence-electron chi connectivity index (χ3n) is 9.44. The fourth-order valence-corrected chi connectivity index (χ4v) is 6.73. The number of aliphatic hydroxyl groups excluding tert-OH is 2. The van der Waals surface area contributed by atoms with Crippen LogP contribution in [0.5, 0.6) is 0 Å². The predicted molar refractivity (Wildman–Crippen MR) is 168 cm³/mol. The number of carbonyl (C=O) groups excluding carboxylic acids is 2. The normalized spacial score (nSPS) is 23.0. The zero-order valence-corrected chi connectivity index (χ0v) is 26.0. The number of aliphatic hydroxyl groups is 2. The average Bonchev–Trinajstić information content (AvgIpc) is 3.01. The minimum Gasteiger partial charge on any atom is -0.462 e. The van der Waals surface area contributed by atoms with E-state index in [1.807, 2.05) is 0 Å². The molecule has 2 saturated carbocycles. The van der Waals surface area contributed by atoms with E-state index in [-0.39, 0.29) is 30.7 Å². The van der Waals surface area contributed by atoms with Gasteiger partial charge >= 0.3 is 5.97 Å². The number of unbranched alkanes of at least 4 members (excludes halogenated alkanes) is 2. The van der Waals surface area contributed by atoms with E-state index in [0.717, 1.165) is 37.0 Å². The summed E-state index contributed by atoms with van der Waals surface area (Å²) < 4.78 is 5.36. The maximum absolute atomic E-state index is 11.7. The molecular formula is C36H56O5. The van der Waals surface area contributed by atoms with Crippen LogP contribution >= 0.6 is 0 Å². The molecule has 1 atom stereocenters. The topological polar surface area (TPSA) is 83.8 Å². The number of hydrogen-bond donors (Lipinski definition) is 2. The Morgan fingerprint density at radius 3 is 2.10 bits per heavy atom. The fourth-order valence-electron chi connectivity index (χ4n) is 6.73. The van der Waals surface area contributed by atoms with Crippen LogP contribution in [0.2, 0.25) is 0 Å². The summed E-state index contributed by atoms with van der Waals surface area (Å²) in [5.74, 6) is 2.61. The smallest absolute Gasteiger partial charge is 0.333 e. The molecule has 3 rings (SSSR count). The Hall–Kier alpha value is -2.24. The standard InChI is InChI=1S/C32H50O3.C4H6O2/c1-5-7-8-9-25-18-19-30(20-24(25)6-2)28-14-10-26(11-15-28)27-12-16-29(17-13-27)31(21-33)22-35-32(34)23(3)4;1-4(2-5)3-6/h18-20,26-29,31,33H,3,5-17,21-22H2,1-2,4H3;2,6H,1,3H2. The number of aryl methyl sites for hydroxylation is 2. The molecule has 1 aromatic carbocycles. The lowest BCUT2D eigenvalue weighted by atomic mass is 9.67. The van der Waals surface area contributed by atoms with Crippen molar-refractivity contribution < 1.29 is 24.5 Å². The van der Waals surface area contributed by atoms with Crippen molar-refractivity contribution in [2.75, 3.05) is 19.8 Å². The van der Waals surface area contributed by atoms with Gasteiger partial charge in [-0.25, -0.2) is 4.79 Å². The van der Waals surface area contributed by atoms with E-state index >= 15 is 0 Å². The maximum atomic E-state index is 11.7. The zero-order chi connectivity index (χ0) is 30.2. The van der Waals surface area contributed by atoms with E-state index in [0.29, 0.717) is 24.4 Å². The van der Waals surface area contributed by atoms with Gasteiger partial charge in [-0.1, -0.05) is 58.0 Å². The highest BCUT2D eigenvalue weighted by Gasteiger charge is 2.34. The van der Waals surface area contributed by atoms with Crippen LogP contribution in [-0.2, 0) is 27.2 Å². The van der Waals surface area contributed by atoms with Gasteiger partial charge in [0.25, 0.3) is 0 Å². The van der Waals surface area contributed by atoms with Gasteiger partial charge in [0.15, 0.2) is 0 Å². The first kappa shape index (κ1) is 35.0. The summed E-state index contributed by atoms with van der Waals surface area (Å²) in [5, 5.41) is 17.9. The van der Waals surface area contributed by atoms with Crippen LogP contribution in [0.25, 0.3) is 0 Å². The van der Waals surface area contributed by atoms with Crippen molar-refractivity contribution in [3.05, 3.63) is 59.2 Å². The molecule has 5 heteroatoms. The Labute approximate surface area is 249 Å². The third kappa shape index (κ3) is 11.5. The van der Waals surface area contributed by atoms with Gasteiger partial charge in [-0.3, -0.25) is 4.79 Å². The van der Waals surface area contributed by atoms with Gasteiger partial charge in [-0.15, -0.1) is 0 Å². The summed E-state index contributed by atoms with van der Waals surface area (Å²) in [6.45, 7) is 13.3. The summed E-state index contributed by atoms with van der Waals surface area (Å²) in [6, 6.07) is 7.40. The minimum absolute atomic E-state index is 0.0627. The molecule has 0 amide bonds. The molecule has 0 heterocycles. The molecule has 41 heavy (non-hydrogen) atoms. The molecule has 0 radical (unpaired) electrons. The Bertz CT molecular complexity index is 951. The van der Waals surface area contributed by atoms with Crippen molar-refractivity contribution in [2.24, 2.45) is 23.7 Å². The minimum atomic E-state index is -0.342. The first-order valence-electron chi connectivity index (χ1n) is 16.1. The van der Waals surface area contributed by atoms with Crippen LogP contribution in [0.1, 0.15) is 114 Å². The van der Waals surface area contributed by atoms with Crippen LogP contribution < -0.4 is 0 Å². The predicted octanol–water partition coefficient (Wildman–Crippen LogP) is 7.52. The lowest BCUT2D eigenvalue weighted by Gasteiger charge is -2.39. The van der Waals surface area contributed by atoms with Gasteiger partial charge in [-0.05, 0) is 118 Å². The molecule has 5 nitrogen and oxygen atoms in total. The summed E-state index contributed by atoms with van der Waals surface area (Å²) in [7, 11) is 0. The second-order valence-electron chi connectivity index (χ2n) is 12.4. The highest BCUT2D eigenvalue weighted by molar-refractivity contribution is 5.86. The summed E-state index contributed by atoms with van der Waals surface area (Å²) in [5.41, 5.74) is 5.38. The Balaban J connectivity index is 0.000000883. The molecule has 1 unspecified atom stereocenters. The molecule has 0 saturated heterocycles. The van der Waals surface area contributed by atoms with Crippen molar-refractivity contribution >= 4 is 12.3 Å². The van der Waals surface area contributed by atoms with Crippen LogP contribution in [0.3, 0.4) is 0 Å². The van der Waals surface area contributed by atoms with E-state index in [2.05, 4.69) is 45.2 Å². The van der Waals surface area contributed by atoms with Crippen molar-refractivity contribution in [3.63, 3.8) is 0 Å². The van der Waals surface area contributed by atoms with Crippen LogP contribution in [-0.4, -0.2) is 42.3 Å². The number of rotatable bonds is 14. The van der Waals surface area contributed by atoms with Crippen LogP contribution in [0.15, 0.2) is 42.5 Å². The molecule has 1 aromatic rings. The maximum Gasteiger partial charge on any atom is 0.333 e. The van der Waals surface area contributed by atoms with Crippen molar-refractivity contribution in [2.45, 2.75) is 110 Å². The van der Waals surface area contributed by atoms with Gasteiger partial charge in [0, 0.05) is 23.7 Å². The summed E-state index contributed by atoms with van der Waals surface area (Å²) >= 11 is 0. The second kappa shape index (κ2) is 19.0. The third-order valence-corrected chi connectivity index (χ3v) is 9.44. The SMILES string of the molecule is C=C(C)C(=O)OCC(CO)C1CCC(C2CCC(c3ccc(CCCCC)c(CC)c3)CC2)CC1.C=C(C=O)CO. The van der Waals surface area contributed by atoms with Crippen molar-refractivity contribution in [1.29, 1.82) is 0 Å². The van der Waals surface area contributed by atoms with Gasteiger partial charge in [-0.2, -0.15) is 0 Å². The number of carbonyl (C=O) groups is 2. The number of hydrogen-bond acceptors (Lipinski definition) is 5. The molecule has 230 valence electrons. The van der Waals surface area contributed by atoms with Gasteiger partial charge in [0.05, 0.1) is 13.2 Å². The quantitative estimate of drug-likeness (QED) is 0.105.